The number of rotatable bonds is 8. The number of aliphatic imine (C=N–C) groups is 1. The number of hydrogen-bond acceptors (Lipinski definition) is 5. The number of amidine groups is 1. The number of nitrogens with one attached hydrogen (secondary N) is 1. The van der Waals surface area contributed by atoms with E-state index in [1.54, 1.807) is 12.0 Å². The maximum absolute atomic E-state index is 12.9. The Morgan fingerprint density at radius 1 is 1.17 bits per heavy atom. The summed E-state index contributed by atoms with van der Waals surface area (Å²) in [5.74, 6) is -0.301. The van der Waals surface area contributed by atoms with Crippen LogP contribution in [0.5, 0.6) is 0 Å². The number of benzene rings is 2. The Morgan fingerprint density at radius 3 is 2.50 bits per heavy atom. The van der Waals surface area contributed by atoms with Crippen molar-refractivity contribution in [2.75, 3.05) is 25.6 Å². The molecule has 0 unspecified atom stereocenters. The number of aryl methyl sites for hydroxylation is 2. The topological polar surface area (TPSA) is 71.0 Å². The molecule has 0 aromatic heterocycles. The van der Waals surface area contributed by atoms with Crippen LogP contribution in [0.15, 0.2) is 53.5 Å². The fourth-order valence-corrected chi connectivity index (χ4v) is 4.23. The van der Waals surface area contributed by atoms with E-state index in [-0.39, 0.29) is 18.2 Å². The van der Waals surface area contributed by atoms with Gasteiger partial charge in [0, 0.05) is 19.2 Å². The van der Waals surface area contributed by atoms with E-state index >= 15 is 0 Å². The Labute approximate surface area is 181 Å². The van der Waals surface area contributed by atoms with E-state index in [2.05, 4.69) is 17.2 Å². The SMILES string of the molecule is CCc1ccc(N=C2S[C@H](CC(=O)Nc3ccc(C)cc3)C(=O)N2CCOC)cc1. The van der Waals surface area contributed by atoms with Crippen molar-refractivity contribution in [3.63, 3.8) is 0 Å². The predicted octanol–water partition coefficient (Wildman–Crippen LogP) is 4.16. The third-order valence-electron chi connectivity index (χ3n) is 4.81. The molecule has 0 aliphatic carbocycles. The van der Waals surface area contributed by atoms with E-state index in [1.165, 1.54) is 17.3 Å². The van der Waals surface area contributed by atoms with Crippen LogP contribution in [0.2, 0.25) is 0 Å². The molecule has 30 heavy (non-hydrogen) atoms. The molecule has 1 N–H and O–H groups in total. The van der Waals surface area contributed by atoms with Gasteiger partial charge in [0.2, 0.25) is 11.8 Å². The minimum atomic E-state index is -0.499. The molecule has 1 aliphatic rings. The highest BCUT2D eigenvalue weighted by Crippen LogP contribution is 2.32. The second kappa shape index (κ2) is 10.4. The summed E-state index contributed by atoms with van der Waals surface area (Å²) >= 11 is 1.33. The molecule has 1 saturated heterocycles. The average molecular weight is 426 g/mol. The Balaban J connectivity index is 1.72. The minimum absolute atomic E-state index is 0.0919. The number of anilines is 1. The van der Waals surface area contributed by atoms with Gasteiger partial charge in [-0.2, -0.15) is 0 Å². The van der Waals surface area contributed by atoms with Gasteiger partial charge in [0.05, 0.1) is 18.8 Å². The molecule has 7 heteroatoms. The number of hydrogen-bond donors (Lipinski definition) is 1. The van der Waals surface area contributed by atoms with Crippen LogP contribution in [0, 0.1) is 6.92 Å². The number of methoxy groups -OCH3 is 1. The van der Waals surface area contributed by atoms with Gasteiger partial charge in [0.25, 0.3) is 0 Å². The fraction of sp³-hybridized carbons (Fsp3) is 0.348. The van der Waals surface area contributed by atoms with Crippen molar-refractivity contribution < 1.29 is 14.3 Å². The predicted molar refractivity (Wildman–Crippen MR) is 122 cm³/mol. The summed E-state index contributed by atoms with van der Waals surface area (Å²) in [5, 5.41) is 2.97. The van der Waals surface area contributed by atoms with Crippen LogP contribution in [0.1, 0.15) is 24.5 Å². The molecule has 2 aromatic carbocycles. The van der Waals surface area contributed by atoms with Crippen molar-refractivity contribution in [2.45, 2.75) is 31.9 Å². The van der Waals surface area contributed by atoms with E-state index in [9.17, 15) is 9.59 Å². The van der Waals surface area contributed by atoms with Gasteiger partial charge >= 0.3 is 0 Å². The fourth-order valence-electron chi connectivity index (χ4n) is 3.05. The van der Waals surface area contributed by atoms with Crippen LogP contribution in [0.3, 0.4) is 0 Å². The van der Waals surface area contributed by atoms with Gasteiger partial charge in [-0.25, -0.2) is 4.99 Å². The van der Waals surface area contributed by atoms with E-state index in [0.717, 1.165) is 23.4 Å². The summed E-state index contributed by atoms with van der Waals surface area (Å²) in [6, 6.07) is 15.5. The summed E-state index contributed by atoms with van der Waals surface area (Å²) in [6.07, 6.45) is 1.05. The van der Waals surface area contributed by atoms with E-state index in [4.69, 9.17) is 4.74 Å². The van der Waals surface area contributed by atoms with Crippen molar-refractivity contribution in [1.29, 1.82) is 0 Å². The lowest BCUT2D eigenvalue weighted by Crippen LogP contribution is -2.35. The third-order valence-corrected chi connectivity index (χ3v) is 5.99. The quantitative estimate of drug-likeness (QED) is 0.689. The number of nitrogens with zero attached hydrogens (tertiary/aromatic N) is 2. The molecule has 0 spiro atoms. The summed E-state index contributed by atoms with van der Waals surface area (Å²) in [6.45, 7) is 4.91. The summed E-state index contributed by atoms with van der Waals surface area (Å²) in [4.78, 5) is 31.7. The van der Waals surface area contributed by atoms with Gasteiger partial charge in [-0.15, -0.1) is 0 Å². The standard InChI is InChI=1S/C23H27N3O3S/c1-4-17-7-11-19(12-8-17)25-23-26(13-14-29-3)22(28)20(30-23)15-21(27)24-18-9-5-16(2)6-10-18/h5-12,20H,4,13-15H2,1-3H3,(H,24,27)/t20-/m1/s1. The van der Waals surface area contributed by atoms with Gasteiger partial charge in [-0.1, -0.05) is 48.5 Å². The number of amides is 2. The highest BCUT2D eigenvalue weighted by atomic mass is 32.2. The molecule has 3 rings (SSSR count). The van der Waals surface area contributed by atoms with Crippen LogP contribution in [0.4, 0.5) is 11.4 Å². The largest absolute Gasteiger partial charge is 0.383 e. The number of ether oxygens (including phenoxy) is 1. The zero-order chi connectivity index (χ0) is 21.5. The van der Waals surface area contributed by atoms with Crippen molar-refractivity contribution in [3.05, 3.63) is 59.7 Å². The minimum Gasteiger partial charge on any atom is -0.383 e. The molecule has 0 bridgehead atoms. The summed E-state index contributed by atoms with van der Waals surface area (Å²) < 4.78 is 5.15. The van der Waals surface area contributed by atoms with Crippen LogP contribution < -0.4 is 5.32 Å². The molecule has 0 saturated carbocycles. The molecular weight excluding hydrogens is 398 g/mol. The van der Waals surface area contributed by atoms with Crippen LogP contribution >= 0.6 is 11.8 Å². The van der Waals surface area contributed by atoms with Gasteiger partial charge < -0.3 is 10.1 Å². The first-order valence-electron chi connectivity index (χ1n) is 10.0. The Hall–Kier alpha value is -2.64. The van der Waals surface area contributed by atoms with E-state index in [1.807, 2.05) is 55.5 Å². The molecule has 2 amide bonds. The van der Waals surface area contributed by atoms with Crippen molar-refractivity contribution >= 4 is 40.1 Å². The lowest BCUT2D eigenvalue weighted by molar-refractivity contribution is -0.128. The Kier molecular flexibility index (Phi) is 7.65. The van der Waals surface area contributed by atoms with Crippen molar-refractivity contribution in [3.8, 4) is 0 Å². The van der Waals surface area contributed by atoms with Gasteiger partial charge in [-0.3, -0.25) is 14.5 Å². The third kappa shape index (κ3) is 5.70. The second-order valence-electron chi connectivity index (χ2n) is 7.12. The maximum atomic E-state index is 12.9. The first kappa shape index (κ1) is 22.1. The monoisotopic (exact) mass is 425 g/mol. The maximum Gasteiger partial charge on any atom is 0.242 e. The number of thioether (sulfide) groups is 1. The molecule has 6 nitrogen and oxygen atoms in total. The zero-order valence-corrected chi connectivity index (χ0v) is 18.4. The normalized spacial score (nSPS) is 17.6. The molecule has 158 valence electrons. The lowest BCUT2D eigenvalue weighted by Gasteiger charge is -2.15. The molecular formula is C23H27N3O3S. The molecule has 1 atom stereocenters. The number of carbonyl (C=O) groups is 2. The van der Waals surface area contributed by atoms with Gasteiger partial charge in [0.15, 0.2) is 5.17 Å². The lowest BCUT2D eigenvalue weighted by atomic mass is 10.2. The molecule has 1 aliphatic heterocycles. The van der Waals surface area contributed by atoms with Crippen LogP contribution in [-0.4, -0.2) is 47.4 Å². The van der Waals surface area contributed by atoms with Crippen LogP contribution in [0.25, 0.3) is 0 Å². The highest BCUT2D eigenvalue weighted by molar-refractivity contribution is 8.15. The Bertz CT molecular complexity index is 910. The average Bonchev–Trinajstić information content (AvgIpc) is 3.02. The molecule has 2 aromatic rings. The zero-order valence-electron chi connectivity index (χ0n) is 17.6. The van der Waals surface area contributed by atoms with Crippen LogP contribution in [-0.2, 0) is 20.7 Å². The van der Waals surface area contributed by atoms with Gasteiger partial charge in [-0.05, 0) is 43.2 Å². The molecule has 1 heterocycles. The van der Waals surface area contributed by atoms with E-state index in [0.29, 0.717) is 18.3 Å². The first-order chi connectivity index (χ1) is 14.5. The molecule has 0 radical (unpaired) electrons. The first-order valence-corrected chi connectivity index (χ1v) is 10.9. The summed E-state index contributed by atoms with van der Waals surface area (Å²) in [7, 11) is 1.60. The Morgan fingerprint density at radius 2 is 1.87 bits per heavy atom. The smallest absolute Gasteiger partial charge is 0.242 e. The molecule has 1 fully saturated rings. The van der Waals surface area contributed by atoms with Gasteiger partial charge in [0.1, 0.15) is 5.25 Å². The van der Waals surface area contributed by atoms with E-state index < -0.39 is 5.25 Å². The van der Waals surface area contributed by atoms with Crippen molar-refractivity contribution in [2.24, 2.45) is 4.99 Å². The number of carbonyl (C=O) groups excluding carboxylic acids is 2. The summed E-state index contributed by atoms with van der Waals surface area (Å²) in [5.41, 5.74) is 3.86. The highest BCUT2D eigenvalue weighted by Gasteiger charge is 2.39. The second-order valence-corrected chi connectivity index (χ2v) is 8.29. The van der Waals surface area contributed by atoms with Crippen molar-refractivity contribution in [1.82, 2.24) is 4.90 Å².